The molecule has 0 unspecified atom stereocenters. The first-order valence-electron chi connectivity index (χ1n) is 5.21. The minimum absolute atomic E-state index is 0.213. The summed E-state index contributed by atoms with van der Waals surface area (Å²) >= 11 is 3.33. The van der Waals surface area contributed by atoms with E-state index in [0.29, 0.717) is 11.1 Å². The number of ether oxygens (including phenoxy) is 1. The molecule has 0 aromatic carbocycles. The number of esters is 1. The Hall–Kier alpha value is -1.82. The van der Waals surface area contributed by atoms with Crippen LogP contribution in [0.4, 0.5) is 5.69 Å². The Morgan fingerprint density at radius 3 is 3.11 bits per heavy atom. The van der Waals surface area contributed by atoms with Crippen LogP contribution in [0, 0.1) is 0 Å². The van der Waals surface area contributed by atoms with Crippen molar-refractivity contribution in [2.45, 2.75) is 6.54 Å². The number of carbonyl (C=O) groups excluding carboxylic acids is 1. The molecule has 6 heteroatoms. The molecule has 94 valence electrons. The number of carbonyl (C=O) groups is 1. The third kappa shape index (κ3) is 2.70. The molecule has 0 aliphatic heterocycles. The Morgan fingerprint density at radius 2 is 2.39 bits per heavy atom. The zero-order chi connectivity index (χ0) is 13.0. The van der Waals surface area contributed by atoms with E-state index in [1.165, 1.54) is 13.4 Å². The van der Waals surface area contributed by atoms with Crippen LogP contribution in [0.25, 0.3) is 0 Å². The lowest BCUT2D eigenvalue weighted by atomic mass is 10.2. The molecule has 0 bridgehead atoms. The number of furan rings is 1. The van der Waals surface area contributed by atoms with Gasteiger partial charge in [0.05, 0.1) is 19.1 Å². The molecule has 0 fully saturated rings. The largest absolute Gasteiger partial charge is 0.463 e. The second-order valence-corrected chi connectivity index (χ2v) is 4.21. The number of methoxy groups -OCH3 is 1. The Bertz CT molecular complexity index is 554. The zero-order valence-electron chi connectivity index (χ0n) is 9.64. The average Bonchev–Trinajstić information content (AvgIpc) is 2.85. The van der Waals surface area contributed by atoms with Crippen LogP contribution in [0.1, 0.15) is 16.1 Å². The van der Waals surface area contributed by atoms with Gasteiger partial charge in [0.25, 0.3) is 0 Å². The van der Waals surface area contributed by atoms with E-state index >= 15 is 0 Å². The predicted molar refractivity (Wildman–Crippen MR) is 69.3 cm³/mol. The van der Waals surface area contributed by atoms with E-state index in [-0.39, 0.29) is 5.76 Å². The number of hydrogen-bond donors (Lipinski definition) is 1. The Kier molecular flexibility index (Phi) is 3.99. The number of halogens is 1. The molecule has 18 heavy (non-hydrogen) atoms. The molecule has 0 spiro atoms. The number of nitrogens with one attached hydrogen (secondary N) is 1. The standard InChI is InChI=1S/C12H11BrN2O3/c1-17-12(16)10-8(4-6-18-10)7-15-9-3-2-5-14-11(9)13/h2-6,15H,7H2,1H3. The number of nitrogens with zero attached hydrogens (tertiary/aromatic N) is 1. The smallest absolute Gasteiger partial charge is 0.374 e. The van der Waals surface area contributed by atoms with Gasteiger partial charge in [0.1, 0.15) is 4.60 Å². The number of pyridine rings is 1. The van der Waals surface area contributed by atoms with Crippen molar-refractivity contribution in [1.29, 1.82) is 0 Å². The maximum Gasteiger partial charge on any atom is 0.374 e. The SMILES string of the molecule is COC(=O)c1occc1CNc1cccnc1Br. The second-order valence-electron chi connectivity index (χ2n) is 3.46. The highest BCUT2D eigenvalue weighted by Crippen LogP contribution is 2.20. The molecule has 5 nitrogen and oxygen atoms in total. The highest BCUT2D eigenvalue weighted by atomic mass is 79.9. The number of hydrogen-bond acceptors (Lipinski definition) is 5. The van der Waals surface area contributed by atoms with Crippen LogP contribution in [0.15, 0.2) is 39.7 Å². The average molecular weight is 311 g/mol. The monoisotopic (exact) mass is 310 g/mol. The van der Waals surface area contributed by atoms with Crippen LogP contribution < -0.4 is 5.32 Å². The van der Waals surface area contributed by atoms with Crippen molar-refractivity contribution in [2.75, 3.05) is 12.4 Å². The molecule has 0 radical (unpaired) electrons. The molecule has 0 aliphatic carbocycles. The third-order valence-electron chi connectivity index (χ3n) is 2.35. The number of rotatable bonds is 4. The second kappa shape index (κ2) is 5.68. The summed E-state index contributed by atoms with van der Waals surface area (Å²) in [5, 5.41) is 3.16. The van der Waals surface area contributed by atoms with Gasteiger partial charge in [-0.1, -0.05) is 0 Å². The van der Waals surface area contributed by atoms with Crippen molar-refractivity contribution in [1.82, 2.24) is 4.98 Å². The fourth-order valence-corrected chi connectivity index (χ4v) is 1.85. The molecule has 1 N–H and O–H groups in total. The van der Waals surface area contributed by atoms with Crippen molar-refractivity contribution in [2.24, 2.45) is 0 Å². The minimum Gasteiger partial charge on any atom is -0.463 e. The summed E-state index contributed by atoms with van der Waals surface area (Å²) in [6.45, 7) is 0.450. The van der Waals surface area contributed by atoms with Crippen LogP contribution in [-0.4, -0.2) is 18.1 Å². The molecular formula is C12H11BrN2O3. The molecule has 0 amide bonds. The van der Waals surface area contributed by atoms with Gasteiger partial charge in [-0.25, -0.2) is 9.78 Å². The fourth-order valence-electron chi connectivity index (χ4n) is 1.46. The van der Waals surface area contributed by atoms with Crippen LogP contribution in [0.5, 0.6) is 0 Å². The van der Waals surface area contributed by atoms with Crippen molar-refractivity contribution < 1.29 is 13.9 Å². The molecule has 2 aromatic heterocycles. The van der Waals surface area contributed by atoms with Gasteiger partial charge in [0.2, 0.25) is 5.76 Å². The lowest BCUT2D eigenvalue weighted by molar-refractivity contribution is 0.0563. The topological polar surface area (TPSA) is 64.4 Å². The van der Waals surface area contributed by atoms with Crippen molar-refractivity contribution in [3.63, 3.8) is 0 Å². The summed E-state index contributed by atoms with van der Waals surface area (Å²) in [6.07, 6.45) is 3.15. The van der Waals surface area contributed by atoms with E-state index in [1.807, 2.05) is 12.1 Å². The van der Waals surface area contributed by atoms with Gasteiger partial charge in [-0.05, 0) is 34.1 Å². The van der Waals surface area contributed by atoms with Crippen LogP contribution >= 0.6 is 15.9 Å². The van der Waals surface area contributed by atoms with E-state index < -0.39 is 5.97 Å². The summed E-state index contributed by atoms with van der Waals surface area (Å²) < 4.78 is 10.4. The summed E-state index contributed by atoms with van der Waals surface area (Å²) in [5.41, 5.74) is 1.58. The quantitative estimate of drug-likeness (QED) is 0.695. The summed E-state index contributed by atoms with van der Waals surface area (Å²) in [7, 11) is 1.32. The maximum absolute atomic E-state index is 11.4. The van der Waals surface area contributed by atoms with Crippen LogP contribution in [-0.2, 0) is 11.3 Å². The normalized spacial score (nSPS) is 10.1. The van der Waals surface area contributed by atoms with Crippen LogP contribution in [0.3, 0.4) is 0 Å². The van der Waals surface area contributed by atoms with Gasteiger partial charge < -0.3 is 14.5 Å². The van der Waals surface area contributed by atoms with E-state index in [9.17, 15) is 4.79 Å². The highest BCUT2D eigenvalue weighted by Gasteiger charge is 2.15. The third-order valence-corrected chi connectivity index (χ3v) is 2.98. The van der Waals surface area contributed by atoms with Gasteiger partial charge in [-0.3, -0.25) is 0 Å². The molecule has 0 atom stereocenters. The van der Waals surface area contributed by atoms with E-state index in [2.05, 4.69) is 31.0 Å². The number of anilines is 1. The summed E-state index contributed by atoms with van der Waals surface area (Å²) in [5.74, 6) is -0.271. The molecule has 2 rings (SSSR count). The first kappa shape index (κ1) is 12.6. The molecule has 2 heterocycles. The van der Waals surface area contributed by atoms with Gasteiger partial charge in [-0.2, -0.15) is 0 Å². The maximum atomic E-state index is 11.4. The first-order chi connectivity index (χ1) is 8.72. The molecule has 0 saturated heterocycles. The fraction of sp³-hybridized carbons (Fsp3) is 0.167. The molecular weight excluding hydrogens is 300 g/mol. The Balaban J connectivity index is 2.09. The number of aromatic nitrogens is 1. The van der Waals surface area contributed by atoms with E-state index in [0.717, 1.165) is 11.3 Å². The predicted octanol–water partition coefficient (Wildman–Crippen LogP) is 2.84. The molecule has 0 aliphatic rings. The molecule has 0 saturated carbocycles. The lowest BCUT2D eigenvalue weighted by Gasteiger charge is -2.07. The van der Waals surface area contributed by atoms with Gasteiger partial charge in [0, 0.05) is 18.3 Å². The summed E-state index contributed by atoms with van der Waals surface area (Å²) in [4.78, 5) is 15.5. The zero-order valence-corrected chi connectivity index (χ0v) is 11.2. The van der Waals surface area contributed by atoms with Gasteiger partial charge in [0.15, 0.2) is 0 Å². The first-order valence-corrected chi connectivity index (χ1v) is 6.00. The lowest BCUT2D eigenvalue weighted by Crippen LogP contribution is -2.07. The minimum atomic E-state index is -0.484. The van der Waals surface area contributed by atoms with Crippen molar-refractivity contribution in [3.8, 4) is 0 Å². The highest BCUT2D eigenvalue weighted by molar-refractivity contribution is 9.10. The Labute approximate surface area is 112 Å². The van der Waals surface area contributed by atoms with Gasteiger partial charge in [-0.15, -0.1) is 0 Å². The van der Waals surface area contributed by atoms with E-state index in [1.54, 1.807) is 12.3 Å². The van der Waals surface area contributed by atoms with Crippen LogP contribution in [0.2, 0.25) is 0 Å². The molecule has 2 aromatic rings. The van der Waals surface area contributed by atoms with E-state index in [4.69, 9.17) is 4.42 Å². The Morgan fingerprint density at radius 1 is 1.56 bits per heavy atom. The van der Waals surface area contributed by atoms with Crippen molar-refractivity contribution >= 4 is 27.6 Å². The van der Waals surface area contributed by atoms with Crippen molar-refractivity contribution in [3.05, 3.63) is 46.6 Å². The van der Waals surface area contributed by atoms with Gasteiger partial charge >= 0.3 is 5.97 Å². The summed E-state index contributed by atoms with van der Waals surface area (Å²) in [6, 6.07) is 5.43.